The van der Waals surface area contributed by atoms with Crippen molar-refractivity contribution in [1.82, 2.24) is 19.9 Å². The van der Waals surface area contributed by atoms with Crippen molar-refractivity contribution < 1.29 is 0 Å². The Hall–Kier alpha value is -3.11. The summed E-state index contributed by atoms with van der Waals surface area (Å²) < 4.78 is 0. The predicted octanol–water partition coefficient (Wildman–Crippen LogP) is 5.31. The first-order valence-electron chi connectivity index (χ1n) is 7.96. The third-order valence-electron chi connectivity index (χ3n) is 4.16. The number of aromatic amines is 2. The Bertz CT molecular complexity index is 1120. The van der Waals surface area contributed by atoms with E-state index in [4.69, 9.17) is 11.6 Å². The van der Waals surface area contributed by atoms with Crippen LogP contribution in [0.3, 0.4) is 0 Å². The summed E-state index contributed by atoms with van der Waals surface area (Å²) in [4.78, 5) is 15.9. The van der Waals surface area contributed by atoms with Gasteiger partial charge in [-0.3, -0.25) is 0 Å². The van der Waals surface area contributed by atoms with Crippen LogP contribution in [-0.2, 0) is 0 Å². The summed E-state index contributed by atoms with van der Waals surface area (Å²) >= 11 is 6.55. The van der Waals surface area contributed by atoms with Gasteiger partial charge in [-0.2, -0.15) is 0 Å². The molecule has 0 saturated heterocycles. The van der Waals surface area contributed by atoms with E-state index in [2.05, 4.69) is 19.9 Å². The lowest BCUT2D eigenvalue weighted by molar-refractivity contribution is 1.28. The van der Waals surface area contributed by atoms with Gasteiger partial charge in [0.1, 0.15) is 0 Å². The van der Waals surface area contributed by atoms with Gasteiger partial charge >= 0.3 is 0 Å². The molecular formula is C20H13ClN4. The fraction of sp³-hybridized carbons (Fsp3) is 0. The van der Waals surface area contributed by atoms with Crippen LogP contribution < -0.4 is 0 Å². The fourth-order valence-electron chi connectivity index (χ4n) is 2.97. The highest BCUT2D eigenvalue weighted by Gasteiger charge is 2.03. The van der Waals surface area contributed by atoms with Gasteiger partial charge in [-0.25, -0.2) is 9.97 Å². The molecule has 0 saturated carbocycles. The first kappa shape index (κ1) is 14.3. The first-order chi connectivity index (χ1) is 12.2. The summed E-state index contributed by atoms with van der Waals surface area (Å²) in [6, 6.07) is 13.9. The van der Waals surface area contributed by atoms with E-state index in [0.717, 1.165) is 44.8 Å². The Labute approximate surface area is 148 Å². The Morgan fingerprint density at radius 3 is 1.52 bits per heavy atom. The van der Waals surface area contributed by atoms with Crippen molar-refractivity contribution >= 4 is 58.0 Å². The van der Waals surface area contributed by atoms with Gasteiger partial charge in [-0.1, -0.05) is 11.6 Å². The molecule has 8 bridgehead atoms. The van der Waals surface area contributed by atoms with E-state index in [-0.39, 0.29) is 0 Å². The van der Waals surface area contributed by atoms with Crippen molar-refractivity contribution in [2.24, 2.45) is 0 Å². The van der Waals surface area contributed by atoms with Crippen molar-refractivity contribution in [3.05, 3.63) is 70.3 Å². The third-order valence-corrected chi connectivity index (χ3v) is 4.57. The Balaban J connectivity index is 1.88. The van der Waals surface area contributed by atoms with E-state index in [0.29, 0.717) is 5.02 Å². The maximum atomic E-state index is 6.55. The quantitative estimate of drug-likeness (QED) is 0.400. The Kier molecular flexibility index (Phi) is 3.11. The number of nitrogens with one attached hydrogen (secondary N) is 2. The van der Waals surface area contributed by atoms with Crippen LogP contribution in [0.2, 0.25) is 5.02 Å². The summed E-state index contributed by atoms with van der Waals surface area (Å²) in [5.74, 6) is 0. The number of hydrogen-bond acceptors (Lipinski definition) is 2. The lowest BCUT2D eigenvalue weighted by atomic mass is 10.3. The number of nitrogens with zero attached hydrogens (tertiary/aromatic N) is 2. The lowest BCUT2D eigenvalue weighted by Gasteiger charge is -1.89. The molecule has 0 aromatic carbocycles. The molecule has 5 heteroatoms. The number of hydrogen-bond donors (Lipinski definition) is 2. The van der Waals surface area contributed by atoms with E-state index in [9.17, 15) is 0 Å². The molecule has 2 aliphatic rings. The molecular weight excluding hydrogens is 332 g/mol. The lowest BCUT2D eigenvalue weighted by Crippen LogP contribution is -1.77. The molecule has 0 unspecified atom stereocenters. The van der Waals surface area contributed by atoms with Gasteiger partial charge in [0.25, 0.3) is 0 Å². The van der Waals surface area contributed by atoms with Gasteiger partial charge in [0, 0.05) is 11.0 Å². The second-order valence-electron chi connectivity index (χ2n) is 5.99. The van der Waals surface area contributed by atoms with Gasteiger partial charge in [0.2, 0.25) is 0 Å². The molecule has 0 spiro atoms. The minimum Gasteiger partial charge on any atom is -0.354 e. The average molecular weight is 345 g/mol. The number of fused-ring (bicyclic) bond motifs is 8. The molecule has 2 N–H and O–H groups in total. The maximum Gasteiger partial charge on any atom is 0.0875 e. The van der Waals surface area contributed by atoms with Crippen molar-refractivity contribution in [1.29, 1.82) is 0 Å². The number of rotatable bonds is 0. The molecule has 4 nitrogen and oxygen atoms in total. The van der Waals surface area contributed by atoms with Crippen molar-refractivity contribution in [2.75, 3.05) is 0 Å². The molecule has 0 fully saturated rings. The van der Waals surface area contributed by atoms with E-state index in [1.165, 1.54) is 0 Å². The van der Waals surface area contributed by atoms with Gasteiger partial charge in [0.15, 0.2) is 0 Å². The molecule has 120 valence electrons. The molecule has 0 radical (unpaired) electrons. The summed E-state index contributed by atoms with van der Waals surface area (Å²) in [6.07, 6.45) is 7.95. The molecule has 0 amide bonds. The summed E-state index contributed by atoms with van der Waals surface area (Å²) in [7, 11) is 0. The minimum atomic E-state index is 0.645. The third kappa shape index (κ3) is 2.66. The second-order valence-corrected chi connectivity index (χ2v) is 6.37. The molecule has 3 aromatic heterocycles. The number of halogens is 1. The van der Waals surface area contributed by atoms with Crippen LogP contribution in [0.25, 0.3) is 46.4 Å². The average Bonchev–Trinajstić information content (AvgIpc) is 3.36. The van der Waals surface area contributed by atoms with Crippen molar-refractivity contribution in [3.8, 4) is 0 Å². The molecule has 3 aromatic rings. The number of H-pyrrole nitrogens is 2. The predicted molar refractivity (Wildman–Crippen MR) is 104 cm³/mol. The van der Waals surface area contributed by atoms with Crippen LogP contribution in [0.15, 0.2) is 42.5 Å². The SMILES string of the molecule is Clc1c2ccc(cc3nc(cc4nc(cc5ccc1[nH]5)C=C4)C=C3)[nH]2. The van der Waals surface area contributed by atoms with Crippen LogP contribution >= 0.6 is 11.6 Å². The van der Waals surface area contributed by atoms with Crippen LogP contribution in [0, 0.1) is 0 Å². The molecule has 5 rings (SSSR count). The van der Waals surface area contributed by atoms with Gasteiger partial charge in [0.05, 0.1) is 38.8 Å². The van der Waals surface area contributed by atoms with Crippen LogP contribution in [0.1, 0.15) is 22.8 Å². The van der Waals surface area contributed by atoms with Crippen LogP contribution in [0.5, 0.6) is 0 Å². The zero-order valence-electron chi connectivity index (χ0n) is 13.1. The first-order valence-corrected chi connectivity index (χ1v) is 8.34. The van der Waals surface area contributed by atoms with Crippen LogP contribution in [-0.4, -0.2) is 19.9 Å². The van der Waals surface area contributed by atoms with Crippen molar-refractivity contribution in [2.45, 2.75) is 0 Å². The minimum absolute atomic E-state index is 0.645. The normalized spacial score (nSPS) is 12.7. The number of aromatic nitrogens is 4. The van der Waals surface area contributed by atoms with Gasteiger partial charge < -0.3 is 9.97 Å². The highest BCUT2D eigenvalue weighted by molar-refractivity contribution is 6.37. The van der Waals surface area contributed by atoms with E-state index in [1.807, 2.05) is 66.8 Å². The van der Waals surface area contributed by atoms with E-state index >= 15 is 0 Å². The van der Waals surface area contributed by atoms with E-state index < -0.39 is 0 Å². The van der Waals surface area contributed by atoms with Gasteiger partial charge in [-0.05, 0) is 66.8 Å². The maximum absolute atomic E-state index is 6.55. The summed E-state index contributed by atoms with van der Waals surface area (Å²) in [5, 5.41) is 0.645. The molecule has 25 heavy (non-hydrogen) atoms. The topological polar surface area (TPSA) is 57.4 Å². The monoisotopic (exact) mass is 344 g/mol. The van der Waals surface area contributed by atoms with Crippen molar-refractivity contribution in [3.63, 3.8) is 0 Å². The van der Waals surface area contributed by atoms with Gasteiger partial charge in [-0.15, -0.1) is 0 Å². The zero-order chi connectivity index (χ0) is 16.8. The molecule has 0 aliphatic carbocycles. The zero-order valence-corrected chi connectivity index (χ0v) is 13.9. The smallest absolute Gasteiger partial charge is 0.0875 e. The Morgan fingerprint density at radius 2 is 1.04 bits per heavy atom. The van der Waals surface area contributed by atoms with Crippen LogP contribution in [0.4, 0.5) is 0 Å². The second kappa shape index (κ2) is 5.46. The summed E-state index contributed by atoms with van der Waals surface area (Å²) in [5.41, 5.74) is 7.20. The standard InChI is InChI=1S/C20H13ClN4/c21-20-18-7-5-16(24-18)10-14-3-1-12(22-14)9-13-2-4-15(23-13)11-17-6-8-19(20)25-17/h1-11,24-25H. The molecule has 0 atom stereocenters. The largest absolute Gasteiger partial charge is 0.354 e. The fourth-order valence-corrected chi connectivity index (χ4v) is 3.19. The highest BCUT2D eigenvalue weighted by atomic mass is 35.5. The highest BCUT2D eigenvalue weighted by Crippen LogP contribution is 2.23. The molecule has 2 aliphatic heterocycles. The summed E-state index contributed by atoms with van der Waals surface area (Å²) in [6.45, 7) is 0. The Morgan fingerprint density at radius 1 is 0.600 bits per heavy atom. The molecule has 5 heterocycles. The van der Waals surface area contributed by atoms with E-state index in [1.54, 1.807) is 0 Å².